The second-order valence-corrected chi connectivity index (χ2v) is 8.63. The molecule has 0 radical (unpaired) electrons. The molecule has 2 aliphatic heterocycles. The summed E-state index contributed by atoms with van der Waals surface area (Å²) in [5.74, 6) is -0.957. The van der Waals surface area contributed by atoms with Crippen LogP contribution in [0.25, 0.3) is 0 Å². The highest BCUT2D eigenvalue weighted by Crippen LogP contribution is 2.57. The molecule has 2 atom stereocenters. The molecule has 1 amide bonds. The fraction of sp³-hybridized carbons (Fsp3) is 0.346. The Balaban J connectivity index is 1.77. The van der Waals surface area contributed by atoms with E-state index >= 15 is 0 Å². The van der Waals surface area contributed by atoms with Crippen molar-refractivity contribution in [2.24, 2.45) is 5.73 Å². The van der Waals surface area contributed by atoms with Gasteiger partial charge in [0.15, 0.2) is 5.78 Å². The monoisotopic (exact) mass is 462 g/mol. The molecule has 0 bridgehead atoms. The van der Waals surface area contributed by atoms with Crippen molar-refractivity contribution in [3.8, 4) is 0 Å². The summed E-state index contributed by atoms with van der Waals surface area (Å²) in [5.41, 5.74) is 5.86. The number of furan rings is 1. The Morgan fingerprint density at radius 2 is 1.97 bits per heavy atom. The highest BCUT2D eigenvalue weighted by molar-refractivity contribution is 6.23. The molecule has 1 aromatic carbocycles. The number of hydrogen-bond donors (Lipinski definition) is 1. The molecule has 0 saturated heterocycles. The Morgan fingerprint density at radius 3 is 2.68 bits per heavy atom. The van der Waals surface area contributed by atoms with Gasteiger partial charge in [-0.2, -0.15) is 0 Å². The van der Waals surface area contributed by atoms with Gasteiger partial charge in [0.25, 0.3) is 0 Å². The number of benzene rings is 1. The minimum Gasteiger partial charge on any atom is -0.469 e. The van der Waals surface area contributed by atoms with E-state index in [4.69, 9.17) is 19.6 Å². The molecule has 0 fully saturated rings. The van der Waals surface area contributed by atoms with Crippen LogP contribution in [0.2, 0.25) is 0 Å². The molecule has 1 aromatic heterocycles. The highest BCUT2D eigenvalue weighted by Gasteiger charge is 2.64. The topological polar surface area (TPSA) is 112 Å². The fourth-order valence-electron chi connectivity index (χ4n) is 5.45. The number of amides is 1. The van der Waals surface area contributed by atoms with Crippen LogP contribution in [-0.2, 0) is 29.3 Å². The van der Waals surface area contributed by atoms with Crippen molar-refractivity contribution >= 4 is 23.3 Å². The van der Waals surface area contributed by atoms with Gasteiger partial charge in [0, 0.05) is 36.6 Å². The van der Waals surface area contributed by atoms with Crippen LogP contribution in [0.5, 0.6) is 0 Å². The van der Waals surface area contributed by atoms with Crippen LogP contribution in [0, 0.1) is 0 Å². The van der Waals surface area contributed by atoms with Gasteiger partial charge in [-0.15, -0.1) is 0 Å². The molecule has 0 saturated carbocycles. The first-order valence-electron chi connectivity index (χ1n) is 11.5. The number of ketones is 1. The SMILES string of the molecule is CCCN1C(=O)[C@@]2(C(C(=O)OCC)=C(N)OC3=C2C(=O)C[C@H](c2ccco2)C3)c2ccccc21. The van der Waals surface area contributed by atoms with Gasteiger partial charge in [0.2, 0.25) is 11.8 Å². The average molecular weight is 463 g/mol. The molecule has 0 unspecified atom stereocenters. The van der Waals surface area contributed by atoms with Crippen LogP contribution in [-0.4, -0.2) is 30.8 Å². The molecule has 8 heteroatoms. The number of hydrogen-bond acceptors (Lipinski definition) is 7. The third-order valence-corrected chi connectivity index (χ3v) is 6.69. The van der Waals surface area contributed by atoms with Crippen molar-refractivity contribution in [1.29, 1.82) is 0 Å². The van der Waals surface area contributed by atoms with E-state index in [0.29, 0.717) is 42.2 Å². The molecule has 2 aromatic rings. The quantitative estimate of drug-likeness (QED) is 0.678. The number of ether oxygens (including phenoxy) is 2. The molecule has 176 valence electrons. The zero-order valence-electron chi connectivity index (χ0n) is 19.1. The van der Waals surface area contributed by atoms with Crippen LogP contribution in [0.4, 0.5) is 5.69 Å². The number of carbonyl (C=O) groups is 3. The van der Waals surface area contributed by atoms with Crippen LogP contribution >= 0.6 is 0 Å². The second kappa shape index (κ2) is 8.20. The predicted molar refractivity (Wildman–Crippen MR) is 122 cm³/mol. The third kappa shape index (κ3) is 2.94. The third-order valence-electron chi connectivity index (χ3n) is 6.69. The van der Waals surface area contributed by atoms with Crippen LogP contribution in [0.1, 0.15) is 50.4 Å². The van der Waals surface area contributed by atoms with E-state index in [2.05, 4.69) is 0 Å². The van der Waals surface area contributed by atoms with E-state index < -0.39 is 11.4 Å². The summed E-state index contributed by atoms with van der Waals surface area (Å²) in [5, 5.41) is 0. The molecule has 1 spiro atoms. The fourth-order valence-corrected chi connectivity index (χ4v) is 5.45. The van der Waals surface area contributed by atoms with Crippen LogP contribution in [0.3, 0.4) is 0 Å². The molecule has 5 rings (SSSR count). The van der Waals surface area contributed by atoms with Gasteiger partial charge >= 0.3 is 5.97 Å². The number of anilines is 1. The molecule has 3 heterocycles. The Kier molecular flexibility index (Phi) is 5.31. The normalized spacial score (nSPS) is 23.8. The van der Waals surface area contributed by atoms with E-state index in [-0.39, 0.29) is 47.7 Å². The van der Waals surface area contributed by atoms with E-state index in [1.54, 1.807) is 36.3 Å². The summed E-state index contributed by atoms with van der Waals surface area (Å²) in [4.78, 5) is 42.9. The van der Waals surface area contributed by atoms with Gasteiger partial charge in [0.05, 0.1) is 18.4 Å². The number of rotatable bonds is 5. The Hall–Kier alpha value is -3.81. The summed E-state index contributed by atoms with van der Waals surface area (Å²) < 4.78 is 16.8. The Morgan fingerprint density at radius 1 is 1.18 bits per heavy atom. The molecule has 1 aliphatic carbocycles. The molecule has 34 heavy (non-hydrogen) atoms. The van der Waals surface area contributed by atoms with Crippen molar-refractivity contribution in [3.05, 3.63) is 76.8 Å². The smallest absolute Gasteiger partial charge is 0.341 e. The standard InChI is InChI=1S/C26H26N2O6/c1-3-11-28-17-9-6-5-8-16(17)26(25(28)31)21-18(29)13-15(19-10-7-12-33-19)14-20(21)34-23(27)22(26)24(30)32-4-2/h5-10,12,15H,3-4,11,13-14,27H2,1-2H3/t15-,26-/m0/s1. The number of nitrogens with two attached hydrogens (primary N) is 1. The zero-order valence-corrected chi connectivity index (χ0v) is 19.1. The number of fused-ring (bicyclic) bond motifs is 3. The highest BCUT2D eigenvalue weighted by atomic mass is 16.5. The average Bonchev–Trinajstić information content (AvgIpc) is 3.42. The predicted octanol–water partition coefficient (Wildman–Crippen LogP) is 3.44. The summed E-state index contributed by atoms with van der Waals surface area (Å²) in [6.45, 7) is 4.15. The first kappa shape index (κ1) is 22.0. The van der Waals surface area contributed by atoms with Gasteiger partial charge in [-0.25, -0.2) is 4.79 Å². The maximum absolute atomic E-state index is 14.3. The lowest BCUT2D eigenvalue weighted by Gasteiger charge is -2.40. The number of carbonyl (C=O) groups excluding carboxylic acids is 3. The van der Waals surface area contributed by atoms with Gasteiger partial charge in [-0.05, 0) is 31.5 Å². The summed E-state index contributed by atoms with van der Waals surface area (Å²) in [6, 6.07) is 10.8. The largest absolute Gasteiger partial charge is 0.469 e. The van der Waals surface area contributed by atoms with E-state index in [1.165, 1.54) is 0 Å². The Labute approximate surface area is 197 Å². The second-order valence-electron chi connectivity index (χ2n) is 8.63. The first-order valence-corrected chi connectivity index (χ1v) is 11.5. The molecule has 8 nitrogen and oxygen atoms in total. The summed E-state index contributed by atoms with van der Waals surface area (Å²) in [7, 11) is 0. The van der Waals surface area contributed by atoms with Crippen molar-refractivity contribution in [1.82, 2.24) is 0 Å². The first-order chi connectivity index (χ1) is 16.4. The summed E-state index contributed by atoms with van der Waals surface area (Å²) >= 11 is 0. The zero-order chi connectivity index (χ0) is 24.0. The van der Waals surface area contributed by atoms with E-state index in [9.17, 15) is 14.4 Å². The van der Waals surface area contributed by atoms with Gasteiger partial charge in [-0.1, -0.05) is 25.1 Å². The number of allylic oxidation sites excluding steroid dienone is 1. The van der Waals surface area contributed by atoms with E-state index in [0.717, 1.165) is 0 Å². The lowest BCUT2D eigenvalue weighted by molar-refractivity contribution is -0.141. The number of Topliss-reactive ketones (excluding diaryl/α,β-unsaturated/α-hetero) is 1. The maximum Gasteiger partial charge on any atom is 0.341 e. The van der Waals surface area contributed by atoms with Crippen molar-refractivity contribution in [3.63, 3.8) is 0 Å². The van der Waals surface area contributed by atoms with Crippen molar-refractivity contribution in [2.45, 2.75) is 44.4 Å². The lowest BCUT2D eigenvalue weighted by Crippen LogP contribution is -2.51. The van der Waals surface area contributed by atoms with Crippen molar-refractivity contribution < 1.29 is 28.3 Å². The Bertz CT molecular complexity index is 1240. The number of nitrogens with zero attached hydrogens (tertiary/aromatic N) is 1. The van der Waals surface area contributed by atoms with Gasteiger partial charge in [-0.3, -0.25) is 9.59 Å². The molecule has 2 N–H and O–H groups in total. The number of esters is 1. The van der Waals surface area contributed by atoms with Crippen molar-refractivity contribution in [2.75, 3.05) is 18.1 Å². The van der Waals surface area contributed by atoms with Gasteiger partial charge in [0.1, 0.15) is 22.5 Å². The lowest BCUT2D eigenvalue weighted by atomic mass is 9.63. The molecule has 3 aliphatic rings. The van der Waals surface area contributed by atoms with Crippen LogP contribution in [0.15, 0.2) is 69.9 Å². The van der Waals surface area contributed by atoms with Gasteiger partial charge < -0.3 is 24.5 Å². The minimum atomic E-state index is -1.71. The van der Waals surface area contributed by atoms with E-state index in [1.807, 2.05) is 25.1 Å². The molecular weight excluding hydrogens is 436 g/mol. The maximum atomic E-state index is 14.3. The van der Waals surface area contributed by atoms with Crippen LogP contribution < -0.4 is 10.6 Å². The number of para-hydroxylation sites is 1. The minimum absolute atomic E-state index is 0.0840. The molecular formula is C26H26N2O6. The summed E-state index contributed by atoms with van der Waals surface area (Å²) in [6.07, 6.45) is 2.69.